The molecule has 2 rings (SSSR count). The molecule has 27 heavy (non-hydrogen) atoms. The second-order valence-electron chi connectivity index (χ2n) is 7.16. The molecule has 0 aliphatic carbocycles. The molecule has 1 aliphatic rings. The Morgan fingerprint density at radius 1 is 1.22 bits per heavy atom. The van der Waals surface area contributed by atoms with Crippen molar-refractivity contribution in [2.45, 2.75) is 51.0 Å². The van der Waals surface area contributed by atoms with Gasteiger partial charge < -0.3 is 25.3 Å². The quantitative estimate of drug-likeness (QED) is 0.494. The molecule has 1 aromatic carbocycles. The summed E-state index contributed by atoms with van der Waals surface area (Å²) in [5.74, 6) is 0. The van der Waals surface area contributed by atoms with E-state index in [9.17, 15) is 25.7 Å². The van der Waals surface area contributed by atoms with Gasteiger partial charge in [-0.1, -0.05) is 19.4 Å². The second-order valence-corrected chi connectivity index (χ2v) is 7.16. The predicted octanol–water partition coefficient (Wildman–Crippen LogP) is 0.445. The highest BCUT2D eigenvalue weighted by Gasteiger charge is 2.33. The van der Waals surface area contributed by atoms with Gasteiger partial charge >= 0.3 is 0 Å². The molecule has 7 heteroatoms. The number of likely N-dealkylation sites (tertiary alicyclic amines) is 1. The zero-order chi connectivity index (χ0) is 19.8. The molecule has 0 aromatic heterocycles. The summed E-state index contributed by atoms with van der Waals surface area (Å²) in [5.41, 5.74) is 2.28. The van der Waals surface area contributed by atoms with Crippen LogP contribution in [-0.2, 0) is 6.54 Å². The van der Waals surface area contributed by atoms with Crippen molar-refractivity contribution in [1.29, 1.82) is 5.26 Å². The van der Waals surface area contributed by atoms with Gasteiger partial charge in [-0.2, -0.15) is 5.26 Å². The highest BCUT2D eigenvalue weighted by Crippen LogP contribution is 2.25. The molecule has 1 saturated heterocycles. The molecular weight excluding hydrogens is 346 g/mol. The van der Waals surface area contributed by atoms with E-state index in [1.165, 1.54) is 0 Å². The van der Waals surface area contributed by atoms with E-state index in [0.29, 0.717) is 25.1 Å². The largest absolute Gasteiger partial charge is 0.395 e. The minimum atomic E-state index is -0.836. The Bertz CT molecular complexity index is 634. The van der Waals surface area contributed by atoms with E-state index in [2.05, 4.69) is 13.0 Å². The number of nitriles is 1. The van der Waals surface area contributed by atoms with E-state index in [1.54, 1.807) is 0 Å². The summed E-state index contributed by atoms with van der Waals surface area (Å²) < 4.78 is 0. The van der Waals surface area contributed by atoms with E-state index in [-0.39, 0.29) is 25.8 Å². The monoisotopic (exact) mass is 377 g/mol. The minimum absolute atomic E-state index is 0.0303. The van der Waals surface area contributed by atoms with Gasteiger partial charge in [0, 0.05) is 32.2 Å². The standard InChI is InChI=1S/C20H31N3O4/c1-2-3-6-22(7-8-24)18-5-4-15(9-16(18)11-21)12-23-13-20(27)19(26)10-17(23)14-25/h4-5,9,17,19-20,24-27H,2-3,6-8,10,12-14H2,1H3/t17-,19?,20+/m1/s1. The highest BCUT2D eigenvalue weighted by molar-refractivity contribution is 5.60. The minimum Gasteiger partial charge on any atom is -0.395 e. The number of hydrogen-bond donors (Lipinski definition) is 4. The third-order valence-corrected chi connectivity index (χ3v) is 5.17. The second kappa shape index (κ2) is 10.6. The Hall–Kier alpha value is -1.69. The average molecular weight is 377 g/mol. The lowest BCUT2D eigenvalue weighted by Gasteiger charge is -2.39. The van der Waals surface area contributed by atoms with Crippen molar-refractivity contribution < 1.29 is 20.4 Å². The van der Waals surface area contributed by atoms with E-state index >= 15 is 0 Å². The fourth-order valence-corrected chi connectivity index (χ4v) is 3.58. The smallest absolute Gasteiger partial charge is 0.101 e. The van der Waals surface area contributed by atoms with Crippen LogP contribution in [0.25, 0.3) is 0 Å². The number of aliphatic hydroxyl groups is 4. The maximum absolute atomic E-state index is 9.94. The third-order valence-electron chi connectivity index (χ3n) is 5.17. The van der Waals surface area contributed by atoms with Gasteiger partial charge in [0.05, 0.1) is 36.7 Å². The summed E-state index contributed by atoms with van der Waals surface area (Å²) in [6.45, 7) is 4.08. The highest BCUT2D eigenvalue weighted by atomic mass is 16.3. The molecule has 0 saturated carbocycles. The van der Waals surface area contributed by atoms with Crippen LogP contribution in [0.5, 0.6) is 0 Å². The van der Waals surface area contributed by atoms with Crippen molar-refractivity contribution >= 4 is 5.69 Å². The first-order valence-electron chi connectivity index (χ1n) is 9.63. The van der Waals surface area contributed by atoms with Crippen LogP contribution in [0, 0.1) is 11.3 Å². The maximum atomic E-state index is 9.94. The number of unbranched alkanes of at least 4 members (excludes halogenated alkanes) is 1. The van der Waals surface area contributed by atoms with Gasteiger partial charge in [-0.15, -0.1) is 0 Å². The number of benzene rings is 1. The summed E-state index contributed by atoms with van der Waals surface area (Å²) in [5, 5.41) is 48.3. The molecule has 1 heterocycles. The van der Waals surface area contributed by atoms with Crippen LogP contribution in [0.2, 0.25) is 0 Å². The number of β-amino-alcohol motifs (C(OH)–C–C–N with tert-alkyl or cyclic N) is 1. The van der Waals surface area contributed by atoms with Crippen LogP contribution in [0.4, 0.5) is 5.69 Å². The number of rotatable bonds is 9. The van der Waals surface area contributed by atoms with Crippen LogP contribution in [-0.4, -0.2) is 76.4 Å². The van der Waals surface area contributed by atoms with Crippen LogP contribution in [0.3, 0.4) is 0 Å². The fraction of sp³-hybridized carbons (Fsp3) is 0.650. The molecule has 0 bridgehead atoms. The van der Waals surface area contributed by atoms with Gasteiger partial charge in [-0.3, -0.25) is 4.90 Å². The Morgan fingerprint density at radius 2 is 2.00 bits per heavy atom. The van der Waals surface area contributed by atoms with Crippen molar-refractivity contribution in [3.63, 3.8) is 0 Å². The molecule has 1 unspecified atom stereocenters. The number of nitrogens with zero attached hydrogens (tertiary/aromatic N) is 3. The fourth-order valence-electron chi connectivity index (χ4n) is 3.58. The summed E-state index contributed by atoms with van der Waals surface area (Å²) in [7, 11) is 0. The van der Waals surface area contributed by atoms with Crippen LogP contribution in [0.15, 0.2) is 18.2 Å². The topological polar surface area (TPSA) is 111 Å². The van der Waals surface area contributed by atoms with Crippen molar-refractivity contribution in [1.82, 2.24) is 4.90 Å². The summed E-state index contributed by atoms with van der Waals surface area (Å²) in [4.78, 5) is 3.97. The van der Waals surface area contributed by atoms with Crippen molar-refractivity contribution in [3.05, 3.63) is 29.3 Å². The molecule has 0 amide bonds. The van der Waals surface area contributed by atoms with Crippen LogP contribution in [0.1, 0.15) is 37.3 Å². The lowest BCUT2D eigenvalue weighted by atomic mass is 9.96. The molecule has 1 aliphatic heterocycles. The molecular formula is C20H31N3O4. The number of piperidine rings is 1. The molecule has 0 spiro atoms. The molecule has 1 fully saturated rings. The SMILES string of the molecule is CCCCN(CCO)c1ccc(CN2C[C@H](O)C(O)C[C@@H]2CO)cc1C#N. The van der Waals surface area contributed by atoms with Gasteiger partial charge in [0.25, 0.3) is 0 Å². The number of anilines is 1. The van der Waals surface area contributed by atoms with E-state index in [1.807, 2.05) is 28.0 Å². The normalized spacial score (nSPS) is 23.2. The molecule has 7 nitrogen and oxygen atoms in total. The van der Waals surface area contributed by atoms with E-state index in [0.717, 1.165) is 30.6 Å². The number of hydrogen-bond acceptors (Lipinski definition) is 7. The van der Waals surface area contributed by atoms with Crippen LogP contribution < -0.4 is 4.90 Å². The third kappa shape index (κ3) is 5.64. The van der Waals surface area contributed by atoms with Crippen molar-refractivity contribution in [2.75, 3.05) is 37.7 Å². The maximum Gasteiger partial charge on any atom is 0.101 e. The molecule has 1 aromatic rings. The molecule has 3 atom stereocenters. The first kappa shape index (κ1) is 21.6. The summed E-state index contributed by atoms with van der Waals surface area (Å²) in [6.07, 6.45) is 0.687. The van der Waals surface area contributed by atoms with Gasteiger partial charge in [0.1, 0.15) is 6.07 Å². The lowest BCUT2D eigenvalue weighted by Crippen LogP contribution is -2.53. The lowest BCUT2D eigenvalue weighted by molar-refractivity contribution is -0.0735. The van der Waals surface area contributed by atoms with Gasteiger partial charge in [0.15, 0.2) is 0 Å². The summed E-state index contributed by atoms with van der Waals surface area (Å²) >= 11 is 0. The van der Waals surface area contributed by atoms with Crippen molar-refractivity contribution in [3.8, 4) is 6.07 Å². The first-order valence-corrected chi connectivity index (χ1v) is 9.63. The zero-order valence-corrected chi connectivity index (χ0v) is 16.0. The molecule has 4 N–H and O–H groups in total. The van der Waals surface area contributed by atoms with Gasteiger partial charge in [-0.25, -0.2) is 0 Å². The molecule has 150 valence electrons. The van der Waals surface area contributed by atoms with E-state index in [4.69, 9.17) is 0 Å². The van der Waals surface area contributed by atoms with Crippen LogP contribution >= 0.6 is 0 Å². The summed E-state index contributed by atoms with van der Waals surface area (Å²) in [6, 6.07) is 7.71. The number of aliphatic hydroxyl groups excluding tert-OH is 4. The Morgan fingerprint density at radius 3 is 2.63 bits per heavy atom. The van der Waals surface area contributed by atoms with Crippen molar-refractivity contribution in [2.24, 2.45) is 0 Å². The van der Waals surface area contributed by atoms with E-state index < -0.39 is 12.2 Å². The molecule has 0 radical (unpaired) electrons. The zero-order valence-electron chi connectivity index (χ0n) is 16.0. The predicted molar refractivity (Wildman–Crippen MR) is 103 cm³/mol. The Balaban J connectivity index is 2.18. The Kier molecular flexibility index (Phi) is 8.48. The first-order chi connectivity index (χ1) is 13.0. The van der Waals surface area contributed by atoms with Gasteiger partial charge in [-0.05, 0) is 30.5 Å². The van der Waals surface area contributed by atoms with Gasteiger partial charge in [0.2, 0.25) is 0 Å². The average Bonchev–Trinajstić information content (AvgIpc) is 2.67. The Labute approximate surface area is 161 Å².